The first-order valence-corrected chi connectivity index (χ1v) is 12.4. The number of benzene rings is 3. The van der Waals surface area contributed by atoms with Crippen LogP contribution in [0.25, 0.3) is 22.8 Å². The van der Waals surface area contributed by atoms with E-state index in [1.54, 1.807) is 36.4 Å². The Morgan fingerprint density at radius 3 is 2.29 bits per heavy atom. The summed E-state index contributed by atoms with van der Waals surface area (Å²) in [5, 5.41) is 4.04. The van der Waals surface area contributed by atoms with Gasteiger partial charge in [-0.15, -0.1) is 0 Å². The fourth-order valence-electron chi connectivity index (χ4n) is 3.94. The van der Waals surface area contributed by atoms with Gasteiger partial charge in [0.1, 0.15) is 5.82 Å². The van der Waals surface area contributed by atoms with Gasteiger partial charge in [-0.05, 0) is 49.4 Å². The van der Waals surface area contributed by atoms with E-state index in [2.05, 4.69) is 10.1 Å². The van der Waals surface area contributed by atoms with Gasteiger partial charge in [0.05, 0.1) is 4.90 Å². The van der Waals surface area contributed by atoms with Crippen LogP contribution < -0.4 is 4.90 Å². The van der Waals surface area contributed by atoms with Crippen LogP contribution >= 0.6 is 0 Å². The molecule has 0 N–H and O–H groups in total. The Hall–Kier alpha value is -3.56. The van der Waals surface area contributed by atoms with E-state index in [1.807, 2.05) is 36.1 Å². The molecule has 0 atom stereocenters. The topological polar surface area (TPSA) is 79.5 Å². The van der Waals surface area contributed by atoms with Crippen molar-refractivity contribution >= 4 is 15.7 Å². The minimum Gasteiger partial charge on any atom is -0.369 e. The lowest BCUT2D eigenvalue weighted by Crippen LogP contribution is -2.48. The Morgan fingerprint density at radius 1 is 0.882 bits per heavy atom. The highest BCUT2D eigenvalue weighted by atomic mass is 32.2. The molecule has 2 heterocycles. The molecule has 1 saturated heterocycles. The number of piperazine rings is 1. The van der Waals surface area contributed by atoms with E-state index in [4.69, 9.17) is 4.52 Å². The molecule has 174 valence electrons. The van der Waals surface area contributed by atoms with Crippen LogP contribution in [0.3, 0.4) is 0 Å². The zero-order valence-corrected chi connectivity index (χ0v) is 19.4. The van der Waals surface area contributed by atoms with Crippen LogP contribution in [0.15, 0.2) is 82.2 Å². The zero-order valence-electron chi connectivity index (χ0n) is 18.6. The second-order valence-corrected chi connectivity index (χ2v) is 10.1. The SMILES string of the molecule is Cc1ccc(-c2noc(-c3cccc(S(=O)(=O)N4CCN(c5ccc(F)cc5)CC4)c3)n2)cc1. The number of sulfonamides is 1. The summed E-state index contributed by atoms with van der Waals surface area (Å²) in [6.45, 7) is 3.71. The van der Waals surface area contributed by atoms with Crippen molar-refractivity contribution in [1.29, 1.82) is 0 Å². The molecule has 1 fully saturated rings. The van der Waals surface area contributed by atoms with E-state index < -0.39 is 10.0 Å². The normalized spacial score (nSPS) is 14.9. The number of halogens is 1. The van der Waals surface area contributed by atoms with E-state index in [1.165, 1.54) is 16.4 Å². The molecule has 1 aliphatic heterocycles. The number of rotatable bonds is 5. The summed E-state index contributed by atoms with van der Waals surface area (Å²) in [5.74, 6) is 0.408. The quantitative estimate of drug-likeness (QED) is 0.424. The molecule has 0 amide bonds. The second kappa shape index (κ2) is 9.00. The van der Waals surface area contributed by atoms with Crippen LogP contribution in [0.2, 0.25) is 0 Å². The standard InChI is InChI=1S/C25H23FN4O3S/c1-18-5-7-19(8-6-18)24-27-25(33-28-24)20-3-2-4-23(17-20)34(31,32)30-15-13-29(14-16-30)22-11-9-21(26)10-12-22/h2-12,17H,13-16H2,1H3. The molecule has 7 nitrogen and oxygen atoms in total. The van der Waals surface area contributed by atoms with Crippen molar-refractivity contribution in [1.82, 2.24) is 14.4 Å². The summed E-state index contributed by atoms with van der Waals surface area (Å²) in [6.07, 6.45) is 0. The molecule has 0 spiro atoms. The third-order valence-electron chi connectivity index (χ3n) is 5.88. The summed E-state index contributed by atoms with van der Waals surface area (Å²) in [7, 11) is -3.70. The summed E-state index contributed by atoms with van der Waals surface area (Å²) in [5.41, 5.74) is 3.37. The van der Waals surface area contributed by atoms with Crippen molar-refractivity contribution < 1.29 is 17.3 Å². The second-order valence-electron chi connectivity index (χ2n) is 8.18. The summed E-state index contributed by atoms with van der Waals surface area (Å²) in [6, 6.07) is 20.5. The van der Waals surface area contributed by atoms with Crippen LogP contribution in [0.4, 0.5) is 10.1 Å². The van der Waals surface area contributed by atoms with Gasteiger partial charge < -0.3 is 9.42 Å². The average molecular weight is 479 g/mol. The van der Waals surface area contributed by atoms with Crippen molar-refractivity contribution in [3.63, 3.8) is 0 Å². The molecule has 4 aromatic rings. The molecular formula is C25H23FN4O3S. The number of hydrogen-bond donors (Lipinski definition) is 0. The Balaban J connectivity index is 1.33. The van der Waals surface area contributed by atoms with E-state index in [-0.39, 0.29) is 16.6 Å². The fourth-order valence-corrected chi connectivity index (χ4v) is 5.41. The van der Waals surface area contributed by atoms with Crippen molar-refractivity contribution in [2.24, 2.45) is 0 Å². The Kier molecular flexibility index (Phi) is 5.89. The Bertz CT molecular complexity index is 1390. The van der Waals surface area contributed by atoms with Crippen LogP contribution in [0, 0.1) is 12.7 Å². The smallest absolute Gasteiger partial charge is 0.258 e. The lowest BCUT2D eigenvalue weighted by Gasteiger charge is -2.35. The third-order valence-corrected chi connectivity index (χ3v) is 7.78. The molecule has 0 unspecified atom stereocenters. The van der Waals surface area contributed by atoms with Gasteiger partial charge in [0.2, 0.25) is 15.8 Å². The van der Waals surface area contributed by atoms with Crippen LogP contribution in [-0.2, 0) is 10.0 Å². The molecule has 1 aliphatic rings. The van der Waals surface area contributed by atoms with Gasteiger partial charge in [0, 0.05) is 43.0 Å². The van der Waals surface area contributed by atoms with Crippen molar-refractivity contribution in [3.8, 4) is 22.8 Å². The summed E-state index contributed by atoms with van der Waals surface area (Å²) in [4.78, 5) is 6.67. The molecule has 5 rings (SSSR count). The molecule has 9 heteroatoms. The minimum atomic E-state index is -3.70. The molecule has 3 aromatic carbocycles. The highest BCUT2D eigenvalue weighted by Crippen LogP contribution is 2.27. The van der Waals surface area contributed by atoms with Gasteiger partial charge in [0.25, 0.3) is 5.89 Å². The van der Waals surface area contributed by atoms with Gasteiger partial charge >= 0.3 is 0 Å². The van der Waals surface area contributed by atoms with E-state index in [0.717, 1.165) is 16.8 Å². The van der Waals surface area contributed by atoms with Crippen LogP contribution in [-0.4, -0.2) is 49.0 Å². The maximum Gasteiger partial charge on any atom is 0.258 e. The predicted molar refractivity (Wildman–Crippen MR) is 127 cm³/mol. The van der Waals surface area contributed by atoms with Crippen molar-refractivity contribution in [3.05, 3.63) is 84.2 Å². The van der Waals surface area contributed by atoms with Gasteiger partial charge in [-0.3, -0.25) is 0 Å². The van der Waals surface area contributed by atoms with E-state index >= 15 is 0 Å². The first-order chi connectivity index (χ1) is 16.4. The summed E-state index contributed by atoms with van der Waals surface area (Å²) < 4.78 is 46.7. The molecule has 1 aromatic heterocycles. The summed E-state index contributed by atoms with van der Waals surface area (Å²) >= 11 is 0. The third kappa shape index (κ3) is 4.44. The lowest BCUT2D eigenvalue weighted by atomic mass is 10.1. The molecule has 0 radical (unpaired) electrons. The lowest BCUT2D eigenvalue weighted by molar-refractivity contribution is 0.385. The van der Waals surface area contributed by atoms with Gasteiger partial charge in [-0.2, -0.15) is 9.29 Å². The number of aromatic nitrogens is 2. The van der Waals surface area contributed by atoms with Crippen molar-refractivity contribution in [2.45, 2.75) is 11.8 Å². The van der Waals surface area contributed by atoms with Crippen LogP contribution in [0.1, 0.15) is 5.56 Å². The molecular weight excluding hydrogens is 455 g/mol. The molecule has 34 heavy (non-hydrogen) atoms. The monoisotopic (exact) mass is 478 g/mol. The molecule has 0 bridgehead atoms. The predicted octanol–water partition coefficient (Wildman–Crippen LogP) is 4.36. The largest absolute Gasteiger partial charge is 0.369 e. The molecule has 0 saturated carbocycles. The van der Waals surface area contributed by atoms with Gasteiger partial charge in [-0.25, -0.2) is 12.8 Å². The minimum absolute atomic E-state index is 0.176. The van der Waals surface area contributed by atoms with Gasteiger partial charge in [-0.1, -0.05) is 41.1 Å². The number of aryl methyl sites for hydroxylation is 1. The maximum atomic E-state index is 13.3. The first kappa shape index (κ1) is 22.2. The molecule has 0 aliphatic carbocycles. The fraction of sp³-hybridized carbons (Fsp3) is 0.200. The van der Waals surface area contributed by atoms with Crippen LogP contribution in [0.5, 0.6) is 0 Å². The zero-order chi connectivity index (χ0) is 23.7. The number of anilines is 1. The van der Waals surface area contributed by atoms with E-state index in [0.29, 0.717) is 37.6 Å². The first-order valence-electron chi connectivity index (χ1n) is 10.9. The average Bonchev–Trinajstić information content (AvgIpc) is 3.36. The Morgan fingerprint density at radius 2 is 1.59 bits per heavy atom. The highest BCUT2D eigenvalue weighted by Gasteiger charge is 2.29. The Labute approximate surface area is 197 Å². The highest BCUT2D eigenvalue weighted by molar-refractivity contribution is 7.89. The number of nitrogens with zero attached hydrogens (tertiary/aromatic N) is 4. The number of hydrogen-bond acceptors (Lipinski definition) is 6. The van der Waals surface area contributed by atoms with E-state index in [9.17, 15) is 12.8 Å². The van der Waals surface area contributed by atoms with Gasteiger partial charge in [0.15, 0.2) is 0 Å². The van der Waals surface area contributed by atoms with Crippen molar-refractivity contribution in [2.75, 3.05) is 31.1 Å². The maximum absolute atomic E-state index is 13.3.